The molecule has 8 aromatic carbocycles. The van der Waals surface area contributed by atoms with Crippen molar-refractivity contribution in [3.63, 3.8) is 0 Å². The van der Waals surface area contributed by atoms with E-state index in [1.165, 1.54) is 10.8 Å². The monoisotopic (exact) mass is 730 g/mol. The quantitative estimate of drug-likeness (QED) is 0.176. The molecule has 0 saturated carbocycles. The lowest BCUT2D eigenvalue weighted by Crippen LogP contribution is -2.00. The van der Waals surface area contributed by atoms with Crippen molar-refractivity contribution in [3.8, 4) is 51.0 Å². The smallest absolute Gasteiger partial charge is 0.164 e. The molecule has 12 aromatic rings. The maximum Gasteiger partial charge on any atom is 0.164 e. The minimum Gasteiger partial charge on any atom is -0.456 e. The van der Waals surface area contributed by atoms with Crippen molar-refractivity contribution in [1.29, 1.82) is 0 Å². The number of rotatable bonds is 5. The zero-order chi connectivity index (χ0) is 37.5. The summed E-state index contributed by atoms with van der Waals surface area (Å²) in [6.45, 7) is 0. The van der Waals surface area contributed by atoms with Crippen LogP contribution in [0.4, 0.5) is 0 Å². The number of furan rings is 2. The number of nitrogens with zero attached hydrogens (tertiary/aromatic N) is 4. The van der Waals surface area contributed by atoms with E-state index in [9.17, 15) is 0 Å². The third kappa shape index (κ3) is 4.87. The Hall–Kier alpha value is -7.83. The van der Waals surface area contributed by atoms with Gasteiger partial charge in [0.1, 0.15) is 22.3 Å². The summed E-state index contributed by atoms with van der Waals surface area (Å²) in [6.07, 6.45) is 0. The molecule has 266 valence electrons. The van der Waals surface area contributed by atoms with Crippen molar-refractivity contribution < 1.29 is 8.83 Å². The Morgan fingerprint density at radius 1 is 0.351 bits per heavy atom. The molecule has 0 aliphatic heterocycles. The lowest BCUT2D eigenvalue weighted by atomic mass is 9.97. The second-order valence-electron chi connectivity index (χ2n) is 14.3. The van der Waals surface area contributed by atoms with Gasteiger partial charge >= 0.3 is 0 Å². The predicted octanol–water partition coefficient (Wildman–Crippen LogP) is 13.4. The van der Waals surface area contributed by atoms with Gasteiger partial charge < -0.3 is 13.4 Å². The lowest BCUT2D eigenvalue weighted by Gasteiger charge is -2.09. The van der Waals surface area contributed by atoms with Crippen molar-refractivity contribution in [1.82, 2.24) is 19.5 Å². The van der Waals surface area contributed by atoms with Gasteiger partial charge in [-0.05, 0) is 48.0 Å². The number of hydrogen-bond acceptors (Lipinski definition) is 5. The molecule has 12 rings (SSSR count). The Morgan fingerprint density at radius 2 is 0.912 bits per heavy atom. The molecule has 0 bridgehead atoms. The van der Waals surface area contributed by atoms with E-state index in [1.54, 1.807) is 0 Å². The SMILES string of the molecule is c1ccc(-c2nc(-c3ccccc3)nc(-c3cccc4oc5cc6c(cc5c34)oc3c(-c4cccc5c4c4ccccc4n5-c4ccccc4)cccc36)n2)cc1. The molecular weight excluding hydrogens is 701 g/mol. The van der Waals surface area contributed by atoms with Gasteiger partial charge in [0.15, 0.2) is 17.5 Å². The van der Waals surface area contributed by atoms with Crippen LogP contribution in [-0.2, 0) is 0 Å². The average molecular weight is 731 g/mol. The Morgan fingerprint density at radius 3 is 1.68 bits per heavy atom. The fraction of sp³-hybridized carbons (Fsp3) is 0. The van der Waals surface area contributed by atoms with Crippen molar-refractivity contribution in [2.75, 3.05) is 0 Å². The van der Waals surface area contributed by atoms with Gasteiger partial charge in [0, 0.05) is 60.3 Å². The van der Waals surface area contributed by atoms with E-state index < -0.39 is 0 Å². The van der Waals surface area contributed by atoms with Crippen molar-refractivity contribution in [2.24, 2.45) is 0 Å². The first-order chi connectivity index (χ1) is 28.3. The fourth-order valence-electron chi connectivity index (χ4n) is 8.54. The standard InChI is InChI=1S/C51H30N4O2/c1-4-15-31(16-5-1)49-52-50(32-17-6-2-7-18-32)54-51(53-49)38-25-14-28-43-47(38)40-30-44-39(29-45(40)56-43)36-24-12-23-35(48(36)57-44)34-22-13-27-42-46(34)37-21-10-11-26-41(37)55(42)33-19-8-3-9-20-33/h1-30H. The van der Waals surface area contributed by atoms with Crippen LogP contribution in [0.2, 0.25) is 0 Å². The Bertz CT molecular complexity index is 3450. The normalized spacial score (nSPS) is 11.9. The van der Waals surface area contributed by atoms with Gasteiger partial charge in [0.25, 0.3) is 0 Å². The van der Waals surface area contributed by atoms with E-state index in [-0.39, 0.29) is 0 Å². The van der Waals surface area contributed by atoms with E-state index in [4.69, 9.17) is 23.8 Å². The van der Waals surface area contributed by atoms with Crippen LogP contribution in [0.15, 0.2) is 191 Å². The van der Waals surface area contributed by atoms with Crippen LogP contribution in [-0.4, -0.2) is 19.5 Å². The molecule has 0 aliphatic carbocycles. The summed E-state index contributed by atoms with van der Waals surface area (Å²) in [6, 6.07) is 62.5. The van der Waals surface area contributed by atoms with E-state index in [1.807, 2.05) is 72.8 Å². The Balaban J connectivity index is 1.07. The average Bonchev–Trinajstić information content (AvgIpc) is 3.95. The van der Waals surface area contributed by atoms with Crippen LogP contribution in [0, 0.1) is 0 Å². The number of aromatic nitrogens is 4. The molecule has 0 spiro atoms. The lowest BCUT2D eigenvalue weighted by molar-refractivity contribution is 0.664. The first kappa shape index (κ1) is 31.5. The summed E-state index contributed by atoms with van der Waals surface area (Å²) in [4.78, 5) is 15.0. The number of benzene rings is 8. The molecule has 0 N–H and O–H groups in total. The fourth-order valence-corrected chi connectivity index (χ4v) is 8.54. The molecular formula is C51H30N4O2. The summed E-state index contributed by atoms with van der Waals surface area (Å²) < 4.78 is 15.9. The van der Waals surface area contributed by atoms with Gasteiger partial charge in [0.05, 0.1) is 11.0 Å². The third-order valence-electron chi connectivity index (χ3n) is 11.1. The van der Waals surface area contributed by atoms with Gasteiger partial charge in [0.2, 0.25) is 0 Å². The minimum atomic E-state index is 0.575. The van der Waals surface area contributed by atoms with Crippen LogP contribution in [0.3, 0.4) is 0 Å². The largest absolute Gasteiger partial charge is 0.456 e. The third-order valence-corrected chi connectivity index (χ3v) is 11.1. The maximum absolute atomic E-state index is 6.93. The maximum atomic E-state index is 6.93. The van der Waals surface area contributed by atoms with E-state index >= 15 is 0 Å². The second-order valence-corrected chi connectivity index (χ2v) is 14.3. The summed E-state index contributed by atoms with van der Waals surface area (Å²) in [5, 5.41) is 6.28. The molecule has 0 amide bonds. The number of fused-ring (bicyclic) bond motifs is 9. The van der Waals surface area contributed by atoms with Gasteiger partial charge in [-0.3, -0.25) is 0 Å². The molecule has 0 unspecified atom stereocenters. The molecule has 4 heterocycles. The summed E-state index contributed by atoms with van der Waals surface area (Å²) in [5.74, 6) is 1.79. The summed E-state index contributed by atoms with van der Waals surface area (Å²) >= 11 is 0. The van der Waals surface area contributed by atoms with Crippen molar-refractivity contribution in [3.05, 3.63) is 182 Å². The van der Waals surface area contributed by atoms with Crippen LogP contribution < -0.4 is 0 Å². The molecule has 57 heavy (non-hydrogen) atoms. The van der Waals surface area contributed by atoms with Crippen LogP contribution >= 0.6 is 0 Å². The minimum absolute atomic E-state index is 0.575. The van der Waals surface area contributed by atoms with Crippen LogP contribution in [0.5, 0.6) is 0 Å². The first-order valence-electron chi connectivity index (χ1n) is 19.0. The molecule has 6 nitrogen and oxygen atoms in total. The van der Waals surface area contributed by atoms with Crippen molar-refractivity contribution >= 4 is 65.7 Å². The molecule has 4 aromatic heterocycles. The van der Waals surface area contributed by atoms with Crippen LogP contribution in [0.25, 0.3) is 117 Å². The molecule has 0 saturated heterocycles. The molecule has 0 atom stereocenters. The van der Waals surface area contributed by atoms with Crippen molar-refractivity contribution in [2.45, 2.75) is 0 Å². The predicted molar refractivity (Wildman–Crippen MR) is 230 cm³/mol. The Kier molecular flexibility index (Phi) is 6.83. The zero-order valence-corrected chi connectivity index (χ0v) is 30.4. The van der Waals surface area contributed by atoms with Gasteiger partial charge in [-0.25, -0.2) is 15.0 Å². The van der Waals surface area contributed by atoms with Gasteiger partial charge in [-0.15, -0.1) is 0 Å². The molecule has 0 fully saturated rings. The van der Waals surface area contributed by atoms with E-state index in [0.29, 0.717) is 17.5 Å². The highest BCUT2D eigenvalue weighted by Gasteiger charge is 2.22. The van der Waals surface area contributed by atoms with Gasteiger partial charge in [-0.1, -0.05) is 140 Å². The van der Waals surface area contributed by atoms with E-state index in [0.717, 1.165) is 88.4 Å². The van der Waals surface area contributed by atoms with E-state index in [2.05, 4.69) is 114 Å². The zero-order valence-electron chi connectivity index (χ0n) is 30.4. The first-order valence-corrected chi connectivity index (χ1v) is 19.0. The highest BCUT2D eigenvalue weighted by Crippen LogP contribution is 2.45. The molecule has 6 heteroatoms. The summed E-state index contributed by atoms with van der Waals surface area (Å²) in [5.41, 5.74) is 11.4. The van der Waals surface area contributed by atoms with Gasteiger partial charge in [-0.2, -0.15) is 0 Å². The highest BCUT2D eigenvalue weighted by atomic mass is 16.3. The Labute approximate surface area is 325 Å². The molecule has 0 aliphatic rings. The van der Waals surface area contributed by atoms with Crippen LogP contribution in [0.1, 0.15) is 0 Å². The number of hydrogen-bond donors (Lipinski definition) is 0. The highest BCUT2D eigenvalue weighted by molar-refractivity contribution is 6.21. The summed E-state index contributed by atoms with van der Waals surface area (Å²) in [7, 11) is 0. The number of para-hydroxylation sites is 3. The second kappa shape index (κ2) is 12.3. The molecule has 0 radical (unpaired) electrons. The topological polar surface area (TPSA) is 69.9 Å².